The number of rotatable bonds is 4. The molecular formula is C16H19N3O. The highest BCUT2D eigenvalue weighted by Crippen LogP contribution is 2.18. The molecule has 0 unspecified atom stereocenters. The Bertz CT molecular complexity index is 596. The number of carbonyl (C=O) groups excluding carboxylic acids is 1. The van der Waals surface area contributed by atoms with E-state index < -0.39 is 0 Å². The molecule has 2 aromatic rings. The molecule has 0 aliphatic heterocycles. The van der Waals surface area contributed by atoms with E-state index in [9.17, 15) is 4.79 Å². The third kappa shape index (κ3) is 3.09. The summed E-state index contributed by atoms with van der Waals surface area (Å²) in [6, 6.07) is 14.9. The van der Waals surface area contributed by atoms with Crippen LogP contribution >= 0.6 is 0 Å². The summed E-state index contributed by atoms with van der Waals surface area (Å²) in [5.74, 6) is -0.0751. The molecule has 0 aliphatic carbocycles. The largest absolute Gasteiger partial charge is 0.399 e. The zero-order chi connectivity index (χ0) is 14.5. The molecule has 0 radical (unpaired) electrons. The van der Waals surface area contributed by atoms with Crippen molar-refractivity contribution in [3.63, 3.8) is 0 Å². The van der Waals surface area contributed by atoms with Crippen molar-refractivity contribution >= 4 is 17.3 Å². The smallest absolute Gasteiger partial charge is 0.256 e. The first-order valence-corrected chi connectivity index (χ1v) is 6.60. The Kier molecular flexibility index (Phi) is 4.25. The minimum absolute atomic E-state index is 0.0751. The SMILES string of the molecule is CCN(Cc1ccccc1)C(=O)c1ccc(N)cc1N. The van der Waals surface area contributed by atoms with Gasteiger partial charge in [-0.1, -0.05) is 30.3 Å². The van der Waals surface area contributed by atoms with Crippen LogP contribution in [0.2, 0.25) is 0 Å². The first-order chi connectivity index (χ1) is 9.61. The molecule has 4 N–H and O–H groups in total. The Hall–Kier alpha value is -2.49. The summed E-state index contributed by atoms with van der Waals surface area (Å²) in [5, 5.41) is 0. The molecule has 0 aromatic heterocycles. The van der Waals surface area contributed by atoms with E-state index in [2.05, 4.69) is 0 Å². The lowest BCUT2D eigenvalue weighted by Gasteiger charge is -2.22. The number of benzene rings is 2. The molecule has 2 rings (SSSR count). The van der Waals surface area contributed by atoms with Gasteiger partial charge < -0.3 is 16.4 Å². The average molecular weight is 269 g/mol. The maximum atomic E-state index is 12.5. The molecular weight excluding hydrogens is 250 g/mol. The Labute approximate surface area is 119 Å². The van der Waals surface area contributed by atoms with Crippen LogP contribution < -0.4 is 11.5 Å². The minimum Gasteiger partial charge on any atom is -0.399 e. The Balaban J connectivity index is 2.21. The van der Waals surface area contributed by atoms with Gasteiger partial charge in [-0.15, -0.1) is 0 Å². The van der Waals surface area contributed by atoms with Gasteiger partial charge in [0.05, 0.1) is 5.56 Å². The van der Waals surface area contributed by atoms with Gasteiger partial charge >= 0.3 is 0 Å². The van der Waals surface area contributed by atoms with Crippen LogP contribution in [0.3, 0.4) is 0 Å². The van der Waals surface area contributed by atoms with Crippen LogP contribution in [0, 0.1) is 0 Å². The number of nitrogens with two attached hydrogens (primary N) is 2. The molecule has 0 atom stereocenters. The number of carbonyl (C=O) groups is 1. The van der Waals surface area contributed by atoms with Gasteiger partial charge in [-0.3, -0.25) is 4.79 Å². The van der Waals surface area contributed by atoms with E-state index in [1.807, 2.05) is 37.3 Å². The van der Waals surface area contributed by atoms with Crippen molar-refractivity contribution in [1.82, 2.24) is 4.90 Å². The monoisotopic (exact) mass is 269 g/mol. The third-order valence-electron chi connectivity index (χ3n) is 3.19. The Morgan fingerprint density at radius 1 is 1.10 bits per heavy atom. The number of nitrogens with zero attached hydrogens (tertiary/aromatic N) is 1. The maximum Gasteiger partial charge on any atom is 0.256 e. The minimum atomic E-state index is -0.0751. The first-order valence-electron chi connectivity index (χ1n) is 6.60. The standard InChI is InChI=1S/C16H19N3O/c1-2-19(11-12-6-4-3-5-7-12)16(20)14-9-8-13(17)10-15(14)18/h3-10H,2,11,17-18H2,1H3. The van der Waals surface area contributed by atoms with Crippen LogP contribution in [-0.2, 0) is 6.54 Å². The molecule has 4 nitrogen and oxygen atoms in total. The zero-order valence-corrected chi connectivity index (χ0v) is 11.5. The van der Waals surface area contributed by atoms with Gasteiger partial charge in [0.25, 0.3) is 5.91 Å². The fourth-order valence-electron chi connectivity index (χ4n) is 2.08. The summed E-state index contributed by atoms with van der Waals surface area (Å²) in [6.45, 7) is 3.14. The van der Waals surface area contributed by atoms with Crippen LogP contribution in [-0.4, -0.2) is 17.4 Å². The fraction of sp³-hybridized carbons (Fsp3) is 0.188. The van der Waals surface area contributed by atoms with E-state index in [-0.39, 0.29) is 5.91 Å². The van der Waals surface area contributed by atoms with Crippen molar-refractivity contribution in [2.75, 3.05) is 18.0 Å². The molecule has 0 fully saturated rings. The van der Waals surface area contributed by atoms with Crippen LogP contribution in [0.15, 0.2) is 48.5 Å². The highest BCUT2D eigenvalue weighted by Gasteiger charge is 2.17. The fourth-order valence-corrected chi connectivity index (χ4v) is 2.08. The Morgan fingerprint density at radius 2 is 1.80 bits per heavy atom. The lowest BCUT2D eigenvalue weighted by atomic mass is 10.1. The molecule has 1 amide bonds. The average Bonchev–Trinajstić information content (AvgIpc) is 2.45. The summed E-state index contributed by atoms with van der Waals surface area (Å²) in [7, 11) is 0. The van der Waals surface area contributed by atoms with Crippen molar-refractivity contribution in [3.05, 3.63) is 59.7 Å². The van der Waals surface area contributed by atoms with E-state index in [0.717, 1.165) is 5.56 Å². The van der Waals surface area contributed by atoms with E-state index in [1.165, 1.54) is 0 Å². The number of nitrogen functional groups attached to an aromatic ring is 2. The lowest BCUT2D eigenvalue weighted by Crippen LogP contribution is -2.30. The summed E-state index contributed by atoms with van der Waals surface area (Å²) >= 11 is 0. The molecule has 0 spiro atoms. The van der Waals surface area contributed by atoms with E-state index >= 15 is 0 Å². The maximum absolute atomic E-state index is 12.5. The molecule has 0 bridgehead atoms. The quantitative estimate of drug-likeness (QED) is 0.838. The van der Waals surface area contributed by atoms with Gasteiger partial charge in [0.2, 0.25) is 0 Å². The van der Waals surface area contributed by atoms with Crippen LogP contribution in [0.5, 0.6) is 0 Å². The molecule has 0 aliphatic rings. The third-order valence-corrected chi connectivity index (χ3v) is 3.19. The van der Waals surface area contributed by atoms with Crippen molar-refractivity contribution < 1.29 is 4.79 Å². The number of anilines is 2. The number of hydrogen-bond donors (Lipinski definition) is 2. The van der Waals surface area contributed by atoms with Gasteiger partial charge in [0, 0.05) is 24.5 Å². The van der Waals surface area contributed by atoms with Crippen molar-refractivity contribution in [2.45, 2.75) is 13.5 Å². The summed E-state index contributed by atoms with van der Waals surface area (Å²) in [4.78, 5) is 14.3. The second kappa shape index (κ2) is 6.10. The van der Waals surface area contributed by atoms with Crippen molar-refractivity contribution in [2.24, 2.45) is 0 Å². The van der Waals surface area contributed by atoms with Crippen LogP contribution in [0.4, 0.5) is 11.4 Å². The topological polar surface area (TPSA) is 72.3 Å². The predicted molar refractivity (Wildman–Crippen MR) is 82.1 cm³/mol. The molecule has 4 heteroatoms. The highest BCUT2D eigenvalue weighted by molar-refractivity contribution is 5.99. The van der Waals surface area contributed by atoms with Gasteiger partial charge in [0.1, 0.15) is 0 Å². The van der Waals surface area contributed by atoms with Gasteiger partial charge in [0.15, 0.2) is 0 Å². The summed E-state index contributed by atoms with van der Waals surface area (Å²) < 4.78 is 0. The number of amides is 1. The lowest BCUT2D eigenvalue weighted by molar-refractivity contribution is 0.0753. The summed E-state index contributed by atoms with van der Waals surface area (Å²) in [6.07, 6.45) is 0. The van der Waals surface area contributed by atoms with E-state index in [4.69, 9.17) is 11.5 Å². The molecule has 0 heterocycles. The molecule has 2 aromatic carbocycles. The normalized spacial score (nSPS) is 10.2. The first kappa shape index (κ1) is 13.9. The zero-order valence-electron chi connectivity index (χ0n) is 11.5. The molecule has 0 saturated heterocycles. The predicted octanol–water partition coefficient (Wildman–Crippen LogP) is 2.51. The van der Waals surface area contributed by atoms with Crippen LogP contribution in [0.25, 0.3) is 0 Å². The van der Waals surface area contributed by atoms with E-state index in [0.29, 0.717) is 30.0 Å². The van der Waals surface area contributed by atoms with Gasteiger partial charge in [-0.05, 0) is 30.7 Å². The second-order valence-electron chi connectivity index (χ2n) is 4.65. The summed E-state index contributed by atoms with van der Waals surface area (Å²) in [5.41, 5.74) is 14.1. The van der Waals surface area contributed by atoms with Crippen molar-refractivity contribution in [1.29, 1.82) is 0 Å². The van der Waals surface area contributed by atoms with Crippen molar-refractivity contribution in [3.8, 4) is 0 Å². The highest BCUT2D eigenvalue weighted by atomic mass is 16.2. The number of hydrogen-bond acceptors (Lipinski definition) is 3. The second-order valence-corrected chi connectivity index (χ2v) is 4.65. The molecule has 0 saturated carbocycles. The van der Waals surface area contributed by atoms with Crippen LogP contribution in [0.1, 0.15) is 22.8 Å². The van der Waals surface area contributed by atoms with E-state index in [1.54, 1.807) is 23.1 Å². The molecule has 104 valence electrons. The Morgan fingerprint density at radius 3 is 2.40 bits per heavy atom. The van der Waals surface area contributed by atoms with Gasteiger partial charge in [-0.2, -0.15) is 0 Å². The molecule has 20 heavy (non-hydrogen) atoms. The van der Waals surface area contributed by atoms with Gasteiger partial charge in [-0.25, -0.2) is 0 Å².